The zero-order chi connectivity index (χ0) is 24.2. The van der Waals surface area contributed by atoms with Gasteiger partial charge in [0.25, 0.3) is 0 Å². The molecule has 2 heterocycles. The van der Waals surface area contributed by atoms with Crippen LogP contribution in [0.25, 0.3) is 6.08 Å². The van der Waals surface area contributed by atoms with Crippen LogP contribution in [0.3, 0.4) is 0 Å². The van der Waals surface area contributed by atoms with Gasteiger partial charge in [-0.05, 0) is 37.0 Å². The average Bonchev–Trinajstić information content (AvgIpc) is 3.58. The number of piperidine rings is 1. The third-order valence-corrected chi connectivity index (χ3v) is 7.22. The predicted octanol–water partition coefficient (Wildman–Crippen LogP) is 3.47. The number of hydrogen-bond donors (Lipinski definition) is 0. The molecule has 1 aromatic heterocycles. The summed E-state index contributed by atoms with van der Waals surface area (Å²) in [6.45, 7) is 2.34. The number of halogens is 2. The van der Waals surface area contributed by atoms with E-state index in [1.807, 2.05) is 11.0 Å². The summed E-state index contributed by atoms with van der Waals surface area (Å²) in [7, 11) is 1.30. The highest BCUT2D eigenvalue weighted by atomic mass is 35.5. The maximum Gasteiger partial charge on any atom is 0.327 e. The van der Waals surface area contributed by atoms with Crippen molar-refractivity contribution in [2.75, 3.05) is 20.2 Å². The van der Waals surface area contributed by atoms with Gasteiger partial charge >= 0.3 is 5.97 Å². The zero-order valence-electron chi connectivity index (χ0n) is 19.6. The number of Topliss-reactive ketones (excluding diaryl/α,β-unsaturated/α-hetero) is 1. The normalized spacial score (nSPS) is 20.2. The lowest BCUT2D eigenvalue weighted by atomic mass is 9.93. The summed E-state index contributed by atoms with van der Waals surface area (Å²) >= 11 is 1.23. The lowest BCUT2D eigenvalue weighted by molar-refractivity contribution is -0.141. The number of benzene rings is 1. The van der Waals surface area contributed by atoms with Crippen molar-refractivity contribution >= 4 is 47.1 Å². The number of carbonyl (C=O) groups excluding carboxylic acids is 3. The van der Waals surface area contributed by atoms with Crippen LogP contribution in [0, 0.1) is 11.7 Å². The van der Waals surface area contributed by atoms with Gasteiger partial charge in [0, 0.05) is 36.7 Å². The summed E-state index contributed by atoms with van der Waals surface area (Å²) in [6, 6.07) is 5.73. The third-order valence-electron chi connectivity index (χ3n) is 6.07. The molecule has 4 rings (SSSR count). The monoisotopic (exact) mass is 522 g/mol. The first-order chi connectivity index (χ1) is 16.4. The van der Waals surface area contributed by atoms with E-state index in [9.17, 15) is 18.8 Å². The Kier molecular flexibility index (Phi) is 9.21. The fourth-order valence-electron chi connectivity index (χ4n) is 4.26. The minimum absolute atomic E-state index is 0. The van der Waals surface area contributed by atoms with Crippen LogP contribution >= 0.6 is 24.2 Å². The molecule has 2 aliphatic rings. The molecule has 1 aliphatic carbocycles. The van der Waals surface area contributed by atoms with Crippen LogP contribution in [0.5, 0.6) is 0 Å². The minimum Gasteiger partial charge on any atom is -0.468 e. The SMILES string of the molecule is COC(=O)Cn1ncnc1C=C1CN(C(C(=O)C2CC2)c2ccccc2F)CCC1SC(C)=O.Cl. The molecular weight excluding hydrogens is 495 g/mol. The average molecular weight is 523 g/mol. The van der Waals surface area contributed by atoms with Gasteiger partial charge in [-0.1, -0.05) is 30.0 Å². The van der Waals surface area contributed by atoms with Gasteiger partial charge in [-0.15, -0.1) is 12.4 Å². The fraction of sp³-hybridized carbons (Fsp3) is 0.458. The number of thioether (sulfide) groups is 1. The quantitative estimate of drug-likeness (QED) is 0.486. The molecule has 1 saturated carbocycles. The van der Waals surface area contributed by atoms with Gasteiger partial charge in [0.2, 0.25) is 0 Å². The number of hydrogen-bond acceptors (Lipinski definition) is 8. The lowest BCUT2D eigenvalue weighted by Gasteiger charge is -2.38. The largest absolute Gasteiger partial charge is 0.468 e. The van der Waals surface area contributed by atoms with E-state index in [0.717, 1.165) is 18.4 Å². The van der Waals surface area contributed by atoms with Crippen molar-refractivity contribution in [1.82, 2.24) is 19.7 Å². The smallest absolute Gasteiger partial charge is 0.327 e. The van der Waals surface area contributed by atoms with Gasteiger partial charge < -0.3 is 4.74 Å². The standard InChI is InChI=1S/C24H27FN4O4S.ClH/c1-15(30)34-20-9-10-28(12-17(20)11-21-26-14-27-29(21)13-22(31)33-2)23(24(32)16-7-8-16)18-5-3-4-6-19(18)25;/h3-6,11,14,16,20,23H,7-10,12-13H2,1-2H3;1H. The number of aromatic nitrogens is 3. The third kappa shape index (κ3) is 6.56. The van der Waals surface area contributed by atoms with E-state index < -0.39 is 17.8 Å². The van der Waals surface area contributed by atoms with Crippen LogP contribution in [-0.4, -0.2) is 62.0 Å². The Hall–Kier alpha value is -2.56. The van der Waals surface area contributed by atoms with Gasteiger partial charge in [-0.2, -0.15) is 5.10 Å². The Morgan fingerprint density at radius 2 is 2.00 bits per heavy atom. The van der Waals surface area contributed by atoms with Crippen molar-refractivity contribution in [3.8, 4) is 0 Å². The fourth-order valence-corrected chi connectivity index (χ4v) is 5.17. The minimum atomic E-state index is -0.687. The molecule has 8 nitrogen and oxygen atoms in total. The number of esters is 1. The number of methoxy groups -OCH3 is 1. The topological polar surface area (TPSA) is 94.4 Å². The Morgan fingerprint density at radius 1 is 1.26 bits per heavy atom. The lowest BCUT2D eigenvalue weighted by Crippen LogP contribution is -2.43. The molecule has 0 radical (unpaired) electrons. The number of carbonyl (C=O) groups is 3. The highest BCUT2D eigenvalue weighted by Gasteiger charge is 2.41. The second kappa shape index (κ2) is 11.9. The first kappa shape index (κ1) is 27.0. The molecule has 0 bridgehead atoms. The van der Waals surface area contributed by atoms with E-state index in [1.54, 1.807) is 18.2 Å². The molecule has 0 N–H and O–H groups in total. The van der Waals surface area contributed by atoms with E-state index in [-0.39, 0.29) is 41.0 Å². The molecule has 11 heteroatoms. The Morgan fingerprint density at radius 3 is 2.66 bits per heavy atom. The maximum absolute atomic E-state index is 14.8. The Bertz CT molecular complexity index is 1120. The first-order valence-corrected chi connectivity index (χ1v) is 12.1. The second-order valence-electron chi connectivity index (χ2n) is 8.53. The number of ether oxygens (including phenoxy) is 1. The molecule has 35 heavy (non-hydrogen) atoms. The molecular formula is C24H28ClFN4O4S. The number of likely N-dealkylation sites (tertiary alicyclic amines) is 1. The molecule has 188 valence electrons. The number of ketones is 1. The molecule has 1 saturated heterocycles. The summed E-state index contributed by atoms with van der Waals surface area (Å²) in [5.41, 5.74) is 1.25. The number of nitrogens with zero attached hydrogens (tertiary/aromatic N) is 4. The molecule has 2 unspecified atom stereocenters. The Labute approximate surface area is 213 Å². The van der Waals surface area contributed by atoms with E-state index in [4.69, 9.17) is 4.74 Å². The molecule has 2 aromatic rings. The highest BCUT2D eigenvalue weighted by Crippen LogP contribution is 2.40. The van der Waals surface area contributed by atoms with Gasteiger partial charge in [0.1, 0.15) is 18.7 Å². The Balaban J connectivity index is 0.00000342. The van der Waals surface area contributed by atoms with Crippen molar-refractivity contribution in [2.24, 2.45) is 5.92 Å². The maximum atomic E-state index is 14.8. The van der Waals surface area contributed by atoms with Crippen LogP contribution < -0.4 is 0 Å². The highest BCUT2D eigenvalue weighted by molar-refractivity contribution is 8.14. The summed E-state index contributed by atoms with van der Waals surface area (Å²) in [5, 5.41) is 3.97. The predicted molar refractivity (Wildman–Crippen MR) is 132 cm³/mol. The second-order valence-corrected chi connectivity index (χ2v) is 9.91. The van der Waals surface area contributed by atoms with E-state index in [0.29, 0.717) is 30.9 Å². The van der Waals surface area contributed by atoms with E-state index in [1.165, 1.54) is 42.9 Å². The van der Waals surface area contributed by atoms with Crippen LogP contribution in [0.1, 0.15) is 43.6 Å². The van der Waals surface area contributed by atoms with Crippen molar-refractivity contribution in [2.45, 2.75) is 44.0 Å². The summed E-state index contributed by atoms with van der Waals surface area (Å²) < 4.78 is 20.9. The van der Waals surface area contributed by atoms with Crippen LogP contribution in [0.4, 0.5) is 4.39 Å². The van der Waals surface area contributed by atoms with E-state index in [2.05, 4.69) is 10.1 Å². The van der Waals surface area contributed by atoms with Crippen molar-refractivity contribution in [3.05, 3.63) is 53.4 Å². The summed E-state index contributed by atoms with van der Waals surface area (Å²) in [5.74, 6) is -0.405. The molecule has 2 atom stereocenters. The van der Waals surface area contributed by atoms with Crippen molar-refractivity contribution in [3.63, 3.8) is 0 Å². The van der Waals surface area contributed by atoms with Gasteiger partial charge in [-0.25, -0.2) is 14.1 Å². The van der Waals surface area contributed by atoms with Crippen molar-refractivity contribution in [1.29, 1.82) is 0 Å². The van der Waals surface area contributed by atoms with Crippen molar-refractivity contribution < 1.29 is 23.5 Å². The summed E-state index contributed by atoms with van der Waals surface area (Å²) in [6.07, 6.45) is 5.44. The van der Waals surface area contributed by atoms with Crippen LogP contribution in [-0.2, 0) is 25.7 Å². The summed E-state index contributed by atoms with van der Waals surface area (Å²) in [4.78, 5) is 43.2. The molecule has 0 amide bonds. The molecule has 1 aromatic carbocycles. The van der Waals surface area contributed by atoms with Crippen LogP contribution in [0.15, 0.2) is 36.2 Å². The first-order valence-electron chi connectivity index (χ1n) is 11.2. The van der Waals surface area contributed by atoms with Gasteiger partial charge in [0.15, 0.2) is 16.7 Å². The molecule has 0 spiro atoms. The zero-order valence-corrected chi connectivity index (χ0v) is 21.2. The molecule has 1 aliphatic heterocycles. The van der Waals surface area contributed by atoms with E-state index >= 15 is 0 Å². The van der Waals surface area contributed by atoms with Crippen LogP contribution in [0.2, 0.25) is 0 Å². The molecule has 2 fully saturated rings. The number of rotatable bonds is 8. The van der Waals surface area contributed by atoms with Gasteiger partial charge in [0.05, 0.1) is 13.2 Å². The van der Waals surface area contributed by atoms with Gasteiger partial charge in [-0.3, -0.25) is 19.3 Å².